The van der Waals surface area contributed by atoms with Gasteiger partial charge in [0.2, 0.25) is 0 Å². The topological polar surface area (TPSA) is 88.1 Å². The minimum atomic E-state index is 0.270. The third-order valence-electron chi connectivity index (χ3n) is 4.78. The van der Waals surface area contributed by atoms with Gasteiger partial charge in [0.05, 0.1) is 11.0 Å². The Balaban J connectivity index is 1.72. The number of hydrogen-bond acceptors (Lipinski definition) is 6. The van der Waals surface area contributed by atoms with Gasteiger partial charge in [-0.1, -0.05) is 25.7 Å². The first kappa shape index (κ1) is 20.6. The average molecular weight is 415 g/mol. The highest BCUT2D eigenvalue weighted by Crippen LogP contribution is 2.32. The van der Waals surface area contributed by atoms with Crippen molar-refractivity contribution in [3.05, 3.63) is 54.1 Å². The number of aromatic nitrogens is 4. The van der Waals surface area contributed by atoms with E-state index in [9.17, 15) is 0 Å². The van der Waals surface area contributed by atoms with Gasteiger partial charge in [-0.05, 0) is 36.2 Å². The summed E-state index contributed by atoms with van der Waals surface area (Å²) in [4.78, 5) is 13.3. The van der Waals surface area contributed by atoms with E-state index < -0.39 is 0 Å². The van der Waals surface area contributed by atoms with Crippen LogP contribution in [0.3, 0.4) is 0 Å². The Bertz CT molecular complexity index is 1270. The highest BCUT2D eigenvalue weighted by Gasteiger charge is 2.18. The van der Waals surface area contributed by atoms with Gasteiger partial charge in [0.1, 0.15) is 30.3 Å². The first-order valence-corrected chi connectivity index (χ1v) is 10.2. The van der Waals surface area contributed by atoms with Gasteiger partial charge in [0.15, 0.2) is 5.82 Å². The van der Waals surface area contributed by atoms with Gasteiger partial charge in [-0.3, -0.25) is 4.98 Å². The van der Waals surface area contributed by atoms with E-state index in [4.69, 9.17) is 20.2 Å². The minimum Gasteiger partial charge on any atom is -0.481 e. The molecule has 3 aromatic heterocycles. The molecule has 158 valence electrons. The van der Waals surface area contributed by atoms with Crippen LogP contribution in [0.15, 0.2) is 42.7 Å². The summed E-state index contributed by atoms with van der Waals surface area (Å²) in [6.07, 6.45) is 3.45. The van der Waals surface area contributed by atoms with Gasteiger partial charge in [-0.15, -0.1) is 0 Å². The normalized spacial score (nSPS) is 11.1. The molecular weight excluding hydrogens is 390 g/mol. The van der Waals surface area contributed by atoms with Crippen LogP contribution in [0.25, 0.3) is 21.9 Å². The van der Waals surface area contributed by atoms with Crippen LogP contribution in [0, 0.1) is 17.8 Å². The standard InChI is InChI=1S/C24H25N5O2/c1-16(2)14-29-21(15-30-3)28-22-23(29)19-12-18(8-9-20(19)27-24(22)25)31-11-5-7-17-6-4-10-26-13-17/h4,6,8-10,12-13,16H,11,14-15H2,1-3H3,(H2,25,27). The molecule has 0 aliphatic carbocycles. The number of rotatable bonds is 6. The van der Waals surface area contributed by atoms with E-state index in [0.717, 1.165) is 34.4 Å². The molecule has 4 rings (SSSR count). The van der Waals surface area contributed by atoms with Crippen molar-refractivity contribution in [1.29, 1.82) is 0 Å². The van der Waals surface area contributed by atoms with Crippen molar-refractivity contribution in [3.8, 4) is 17.6 Å². The first-order valence-electron chi connectivity index (χ1n) is 10.2. The van der Waals surface area contributed by atoms with Crippen molar-refractivity contribution in [2.45, 2.75) is 27.0 Å². The fraction of sp³-hybridized carbons (Fsp3) is 0.292. The van der Waals surface area contributed by atoms with E-state index in [2.05, 4.69) is 40.2 Å². The van der Waals surface area contributed by atoms with E-state index in [0.29, 0.717) is 29.6 Å². The van der Waals surface area contributed by atoms with E-state index in [1.807, 2.05) is 30.3 Å². The van der Waals surface area contributed by atoms with Gasteiger partial charge < -0.3 is 19.8 Å². The van der Waals surface area contributed by atoms with Crippen LogP contribution in [0.1, 0.15) is 25.2 Å². The molecule has 7 nitrogen and oxygen atoms in total. The maximum atomic E-state index is 6.24. The number of nitrogen functional groups attached to an aromatic ring is 1. The van der Waals surface area contributed by atoms with Crippen molar-refractivity contribution >= 4 is 27.8 Å². The van der Waals surface area contributed by atoms with Crippen LogP contribution in [0.5, 0.6) is 5.75 Å². The summed E-state index contributed by atoms with van der Waals surface area (Å²) in [5, 5.41) is 0.942. The highest BCUT2D eigenvalue weighted by molar-refractivity contribution is 6.07. The van der Waals surface area contributed by atoms with Crippen molar-refractivity contribution in [2.75, 3.05) is 19.5 Å². The number of hydrogen-bond donors (Lipinski definition) is 1. The molecule has 0 amide bonds. The number of nitrogens with two attached hydrogens (primary N) is 1. The van der Waals surface area contributed by atoms with E-state index in [-0.39, 0.29) is 6.61 Å². The zero-order chi connectivity index (χ0) is 21.8. The number of nitrogens with zero attached hydrogens (tertiary/aromatic N) is 4. The molecule has 2 N–H and O–H groups in total. The summed E-state index contributed by atoms with van der Waals surface area (Å²) < 4.78 is 13.4. The summed E-state index contributed by atoms with van der Waals surface area (Å²) in [5.41, 5.74) is 9.54. The Morgan fingerprint density at radius 2 is 2.06 bits per heavy atom. The Morgan fingerprint density at radius 3 is 2.81 bits per heavy atom. The summed E-state index contributed by atoms with van der Waals surface area (Å²) in [6, 6.07) is 9.54. The molecule has 0 unspecified atom stereocenters. The van der Waals surface area contributed by atoms with Crippen molar-refractivity contribution in [3.63, 3.8) is 0 Å². The molecule has 0 spiro atoms. The third-order valence-corrected chi connectivity index (χ3v) is 4.78. The molecule has 3 heterocycles. The van der Waals surface area contributed by atoms with E-state index in [1.165, 1.54) is 0 Å². The second kappa shape index (κ2) is 9.02. The fourth-order valence-corrected chi connectivity index (χ4v) is 3.52. The van der Waals surface area contributed by atoms with Crippen LogP contribution in [0.4, 0.5) is 5.82 Å². The van der Waals surface area contributed by atoms with Crippen LogP contribution in [-0.2, 0) is 17.9 Å². The predicted octanol–water partition coefficient (Wildman–Crippen LogP) is 3.79. The molecule has 31 heavy (non-hydrogen) atoms. The second-order valence-electron chi connectivity index (χ2n) is 7.67. The highest BCUT2D eigenvalue weighted by atomic mass is 16.5. The predicted molar refractivity (Wildman–Crippen MR) is 122 cm³/mol. The summed E-state index contributed by atoms with van der Waals surface area (Å²) in [6.45, 7) is 5.82. The molecule has 0 radical (unpaired) electrons. The maximum Gasteiger partial charge on any atom is 0.152 e. The summed E-state index contributed by atoms with van der Waals surface area (Å²) in [5.74, 6) is 8.46. The van der Waals surface area contributed by atoms with Gasteiger partial charge in [-0.25, -0.2) is 9.97 Å². The summed E-state index contributed by atoms with van der Waals surface area (Å²) in [7, 11) is 1.66. The van der Waals surface area contributed by atoms with Crippen LogP contribution >= 0.6 is 0 Å². The fourth-order valence-electron chi connectivity index (χ4n) is 3.52. The van der Waals surface area contributed by atoms with Crippen LogP contribution in [-0.4, -0.2) is 33.2 Å². The Hall–Kier alpha value is -3.63. The van der Waals surface area contributed by atoms with Crippen molar-refractivity contribution in [1.82, 2.24) is 19.5 Å². The number of anilines is 1. The first-order chi connectivity index (χ1) is 15.1. The zero-order valence-electron chi connectivity index (χ0n) is 17.9. The molecule has 0 saturated heterocycles. The van der Waals surface area contributed by atoms with E-state index in [1.54, 1.807) is 19.5 Å². The maximum absolute atomic E-state index is 6.24. The number of pyridine rings is 2. The Kier molecular flexibility index (Phi) is 6.01. The smallest absolute Gasteiger partial charge is 0.152 e. The lowest BCUT2D eigenvalue weighted by Crippen LogP contribution is -2.09. The van der Waals surface area contributed by atoms with E-state index >= 15 is 0 Å². The average Bonchev–Trinajstić information content (AvgIpc) is 3.11. The Morgan fingerprint density at radius 1 is 1.19 bits per heavy atom. The molecule has 0 bridgehead atoms. The zero-order valence-corrected chi connectivity index (χ0v) is 17.9. The number of fused-ring (bicyclic) bond motifs is 3. The van der Waals surface area contributed by atoms with Crippen LogP contribution < -0.4 is 10.5 Å². The van der Waals surface area contributed by atoms with Crippen molar-refractivity contribution in [2.24, 2.45) is 5.92 Å². The molecule has 0 aliphatic heterocycles. The lowest BCUT2D eigenvalue weighted by atomic mass is 10.1. The summed E-state index contributed by atoms with van der Waals surface area (Å²) >= 11 is 0. The molecule has 4 aromatic rings. The van der Waals surface area contributed by atoms with Gasteiger partial charge in [-0.2, -0.15) is 0 Å². The molecule has 1 aromatic carbocycles. The monoisotopic (exact) mass is 415 g/mol. The molecule has 0 fully saturated rings. The van der Waals surface area contributed by atoms with Crippen LogP contribution in [0.2, 0.25) is 0 Å². The van der Waals surface area contributed by atoms with Crippen molar-refractivity contribution < 1.29 is 9.47 Å². The molecular formula is C24H25N5O2. The largest absolute Gasteiger partial charge is 0.481 e. The minimum absolute atomic E-state index is 0.270. The number of benzene rings is 1. The molecule has 0 atom stereocenters. The van der Waals surface area contributed by atoms with Gasteiger partial charge in [0.25, 0.3) is 0 Å². The lowest BCUT2D eigenvalue weighted by molar-refractivity contribution is 0.174. The third kappa shape index (κ3) is 4.44. The molecule has 7 heteroatoms. The number of methoxy groups -OCH3 is 1. The van der Waals surface area contributed by atoms with Gasteiger partial charge in [0, 0.05) is 37.0 Å². The SMILES string of the molecule is COCc1nc2c(N)nc3ccc(OCC#Cc4cccnc4)cc3c2n1CC(C)C. The Labute approximate surface area is 181 Å². The number of ether oxygens (including phenoxy) is 2. The molecule has 0 saturated carbocycles. The molecule has 0 aliphatic rings. The lowest BCUT2D eigenvalue weighted by Gasteiger charge is -2.13. The second-order valence-corrected chi connectivity index (χ2v) is 7.67. The number of imidazole rings is 1. The quantitative estimate of drug-likeness (QED) is 0.482. The van der Waals surface area contributed by atoms with Gasteiger partial charge >= 0.3 is 0 Å².